The van der Waals surface area contributed by atoms with Crippen molar-refractivity contribution in [2.75, 3.05) is 20.2 Å². The summed E-state index contributed by atoms with van der Waals surface area (Å²) in [5, 5.41) is 31.5. The maximum atomic E-state index is 14.2. The number of carbonyl (C=O) groups is 3. The van der Waals surface area contributed by atoms with Crippen LogP contribution in [0.25, 0.3) is 0 Å². The largest absolute Gasteiger partial charge is 0.497 e. The Kier molecular flexibility index (Phi) is 15.0. The number of aromatic amines is 1. The van der Waals surface area contributed by atoms with E-state index in [0.717, 1.165) is 43.4 Å². The number of imidazole rings is 1. The minimum Gasteiger partial charge on any atom is -0.497 e. The highest BCUT2D eigenvalue weighted by Crippen LogP contribution is 2.29. The fourth-order valence-corrected chi connectivity index (χ4v) is 7.28. The number of rotatable bonds is 17. The molecule has 0 radical (unpaired) electrons. The van der Waals surface area contributed by atoms with Crippen LogP contribution < -0.4 is 26.4 Å². The molecule has 1 saturated carbocycles. The van der Waals surface area contributed by atoms with Gasteiger partial charge in [-0.15, -0.1) is 0 Å². The first-order chi connectivity index (χ1) is 25.7. The van der Waals surface area contributed by atoms with Crippen molar-refractivity contribution in [3.63, 3.8) is 0 Å². The first kappa shape index (κ1) is 39.7. The fraction of sp³-hybridized carbons (Fsp3) is 0.564. The molecule has 1 aromatic carbocycles. The van der Waals surface area contributed by atoms with Gasteiger partial charge in [0.2, 0.25) is 11.8 Å². The molecule has 1 aliphatic heterocycles. The van der Waals surface area contributed by atoms with Gasteiger partial charge in [0.15, 0.2) is 0 Å². The normalized spacial score (nSPS) is 18.3. The van der Waals surface area contributed by atoms with Crippen LogP contribution in [-0.2, 0) is 28.9 Å². The number of pyridine rings is 1. The molecule has 288 valence electrons. The van der Waals surface area contributed by atoms with Gasteiger partial charge < -0.3 is 46.5 Å². The number of amides is 4. The zero-order chi connectivity index (χ0) is 37.6. The molecule has 5 rings (SSSR count). The van der Waals surface area contributed by atoms with Gasteiger partial charge in [0.25, 0.3) is 0 Å². The maximum absolute atomic E-state index is 14.2. The van der Waals surface area contributed by atoms with Crippen LogP contribution >= 0.6 is 0 Å². The molecule has 0 bridgehead atoms. The number of carbonyl (C=O) groups excluding carboxylic acids is 3. The second-order valence-corrected chi connectivity index (χ2v) is 14.5. The number of hydrogen-bond acceptors (Lipinski definition) is 9. The molecule has 5 atom stereocenters. The van der Waals surface area contributed by atoms with Crippen LogP contribution in [0.15, 0.2) is 61.2 Å². The summed E-state index contributed by atoms with van der Waals surface area (Å²) in [5.74, 6) is -0.112. The van der Waals surface area contributed by atoms with Crippen molar-refractivity contribution in [3.8, 4) is 5.75 Å². The predicted molar refractivity (Wildman–Crippen MR) is 200 cm³/mol. The molecule has 14 heteroatoms. The minimum atomic E-state index is -1.24. The number of aliphatic hydroxyl groups is 2. The molecule has 8 N–H and O–H groups in total. The smallest absolute Gasteiger partial charge is 0.318 e. The number of nitrogens with zero attached hydrogens (tertiary/aromatic N) is 3. The van der Waals surface area contributed by atoms with Crippen LogP contribution in [0.4, 0.5) is 4.79 Å². The fourth-order valence-electron chi connectivity index (χ4n) is 7.28. The van der Waals surface area contributed by atoms with E-state index in [1.54, 1.807) is 36.5 Å². The third-order valence-corrected chi connectivity index (χ3v) is 10.5. The number of aromatic nitrogens is 3. The van der Waals surface area contributed by atoms with Gasteiger partial charge in [0.1, 0.15) is 23.9 Å². The van der Waals surface area contributed by atoms with E-state index < -0.39 is 42.1 Å². The number of benzene rings is 1. The Morgan fingerprint density at radius 2 is 1.66 bits per heavy atom. The molecule has 0 unspecified atom stereocenters. The Morgan fingerprint density at radius 1 is 0.943 bits per heavy atom. The monoisotopic (exact) mass is 732 g/mol. The third kappa shape index (κ3) is 12.3. The van der Waals surface area contributed by atoms with Gasteiger partial charge in [-0.25, -0.2) is 9.78 Å². The highest BCUT2D eigenvalue weighted by molar-refractivity contribution is 5.92. The van der Waals surface area contributed by atoms with E-state index in [1.807, 2.05) is 30.3 Å². The molecule has 0 spiro atoms. The Bertz CT molecular complexity index is 1550. The minimum absolute atomic E-state index is 0.0293. The number of nitrogens with two attached hydrogens (primary N) is 1. The number of aryl methyl sites for hydroxylation is 1. The first-order valence-corrected chi connectivity index (χ1v) is 19.0. The first-order valence-electron chi connectivity index (χ1n) is 19.0. The zero-order valence-corrected chi connectivity index (χ0v) is 30.7. The van der Waals surface area contributed by atoms with Gasteiger partial charge in [-0.2, -0.15) is 0 Å². The van der Waals surface area contributed by atoms with E-state index in [1.165, 1.54) is 6.33 Å². The number of aliphatic hydroxyl groups excluding tert-OH is 2. The van der Waals surface area contributed by atoms with Crippen LogP contribution in [0, 0.1) is 5.92 Å². The van der Waals surface area contributed by atoms with Gasteiger partial charge in [-0.05, 0) is 67.9 Å². The Balaban J connectivity index is 1.33. The van der Waals surface area contributed by atoms with Gasteiger partial charge in [0.05, 0.1) is 25.6 Å². The van der Waals surface area contributed by atoms with Crippen LogP contribution in [-0.4, -0.2) is 104 Å². The molecule has 2 fully saturated rings. The molecule has 2 aliphatic rings. The van der Waals surface area contributed by atoms with Crippen LogP contribution in [0.1, 0.15) is 74.7 Å². The SMILES string of the molecule is COc1ccc(C[C@H](NC(=O)N2CCC(N)CC2)C(=O)N[C@@H](Cc2cnc[nH]2)C(=O)N[C@@H](CC2CCCCC2)[C@@H](O)[C@@H](O)CCc2ccccn2)cc1. The molecule has 1 aliphatic carbocycles. The lowest BCUT2D eigenvalue weighted by Crippen LogP contribution is -2.59. The van der Waals surface area contributed by atoms with Crippen molar-refractivity contribution in [3.05, 3.63) is 78.1 Å². The number of H-pyrrole nitrogens is 1. The van der Waals surface area contributed by atoms with E-state index in [2.05, 4.69) is 30.9 Å². The molecule has 4 amide bonds. The number of piperidine rings is 1. The van der Waals surface area contributed by atoms with Crippen molar-refractivity contribution in [2.24, 2.45) is 11.7 Å². The molecule has 2 aromatic heterocycles. The van der Waals surface area contributed by atoms with E-state index >= 15 is 0 Å². The second kappa shape index (κ2) is 20.1. The lowest BCUT2D eigenvalue weighted by Gasteiger charge is -2.34. The van der Waals surface area contributed by atoms with Gasteiger partial charge in [0, 0.05) is 55.8 Å². The van der Waals surface area contributed by atoms with E-state index in [0.29, 0.717) is 50.2 Å². The highest BCUT2D eigenvalue weighted by atomic mass is 16.5. The van der Waals surface area contributed by atoms with Crippen LogP contribution in [0.3, 0.4) is 0 Å². The van der Waals surface area contributed by atoms with Crippen molar-refractivity contribution in [1.29, 1.82) is 0 Å². The Morgan fingerprint density at radius 3 is 2.32 bits per heavy atom. The number of ether oxygens (including phenoxy) is 1. The summed E-state index contributed by atoms with van der Waals surface area (Å²) < 4.78 is 5.29. The van der Waals surface area contributed by atoms with Crippen molar-refractivity contribution in [1.82, 2.24) is 35.8 Å². The van der Waals surface area contributed by atoms with Gasteiger partial charge in [-0.3, -0.25) is 14.6 Å². The van der Waals surface area contributed by atoms with E-state index in [4.69, 9.17) is 10.5 Å². The standard InChI is InChI=1S/C39H56N8O6/c1-53-31-13-10-27(11-14-31)22-33(46-39(52)47-19-16-28(40)17-20-47)37(50)45-34(23-30-24-41-25-43-30)38(51)44-32(21-26-7-3-2-4-8-26)36(49)35(48)15-12-29-9-5-6-18-42-29/h5-6,9-11,13-14,18,24-26,28,32-36,48-49H,2-4,7-8,12,15-17,19-23,40H2,1H3,(H,41,43)(H,44,51)(H,45,50)(H,46,52)/t32-,33-,34-,35-,36+/m0/s1. The van der Waals surface area contributed by atoms with E-state index in [9.17, 15) is 24.6 Å². The molecular weight excluding hydrogens is 676 g/mol. The number of nitrogens with one attached hydrogen (secondary N) is 4. The van der Waals surface area contributed by atoms with Crippen molar-refractivity contribution in [2.45, 2.75) is 113 Å². The number of urea groups is 1. The molecule has 1 saturated heterocycles. The molecule has 53 heavy (non-hydrogen) atoms. The average Bonchev–Trinajstić information content (AvgIpc) is 3.70. The molecule has 14 nitrogen and oxygen atoms in total. The second-order valence-electron chi connectivity index (χ2n) is 14.5. The highest BCUT2D eigenvalue weighted by Gasteiger charge is 2.35. The van der Waals surface area contributed by atoms with Gasteiger partial charge in [-0.1, -0.05) is 50.3 Å². The van der Waals surface area contributed by atoms with E-state index in [-0.39, 0.29) is 37.3 Å². The lowest BCUT2D eigenvalue weighted by molar-refractivity contribution is -0.131. The summed E-state index contributed by atoms with van der Waals surface area (Å²) in [6.07, 6.45) is 10.5. The molecule has 3 heterocycles. The lowest BCUT2D eigenvalue weighted by atomic mass is 9.82. The summed E-state index contributed by atoms with van der Waals surface area (Å²) >= 11 is 0. The number of hydrogen-bond donors (Lipinski definition) is 7. The summed E-state index contributed by atoms with van der Waals surface area (Å²) in [5.41, 5.74) is 8.27. The van der Waals surface area contributed by atoms with Crippen molar-refractivity contribution >= 4 is 17.8 Å². The average molecular weight is 733 g/mol. The Hall–Kier alpha value is -4.53. The number of methoxy groups -OCH3 is 1. The summed E-state index contributed by atoms with van der Waals surface area (Å²) in [4.78, 5) is 54.9. The summed E-state index contributed by atoms with van der Waals surface area (Å²) in [7, 11) is 1.57. The van der Waals surface area contributed by atoms with Gasteiger partial charge >= 0.3 is 6.03 Å². The quantitative estimate of drug-likeness (QED) is 0.109. The topological polar surface area (TPSA) is 208 Å². The summed E-state index contributed by atoms with van der Waals surface area (Å²) in [6.45, 7) is 0.959. The number of likely N-dealkylation sites (tertiary alicyclic amines) is 1. The third-order valence-electron chi connectivity index (χ3n) is 10.5. The summed E-state index contributed by atoms with van der Waals surface area (Å²) in [6, 6.07) is 9.60. The maximum Gasteiger partial charge on any atom is 0.318 e. The predicted octanol–water partition coefficient (Wildman–Crippen LogP) is 2.39. The zero-order valence-electron chi connectivity index (χ0n) is 30.7. The Labute approximate surface area is 311 Å². The molecule has 3 aromatic rings. The van der Waals surface area contributed by atoms with Crippen molar-refractivity contribution < 1.29 is 29.3 Å². The van der Waals surface area contributed by atoms with Crippen LogP contribution in [0.5, 0.6) is 5.75 Å². The molecular formula is C39H56N8O6. The van der Waals surface area contributed by atoms with Crippen LogP contribution in [0.2, 0.25) is 0 Å².